The van der Waals surface area contributed by atoms with E-state index in [9.17, 15) is 9.59 Å². The number of aryl methyl sites for hydroxylation is 1. The van der Waals surface area contributed by atoms with Crippen molar-refractivity contribution in [2.75, 3.05) is 0 Å². The van der Waals surface area contributed by atoms with Gasteiger partial charge in [-0.05, 0) is 18.6 Å². The monoisotopic (exact) mass is 240 g/mol. The first kappa shape index (κ1) is 12.3. The van der Waals surface area contributed by atoms with Gasteiger partial charge in [-0.1, -0.05) is 29.8 Å². The Kier molecular flexibility index (Phi) is 4.08. The molecule has 0 amide bonds. The number of rotatable bonds is 4. The zero-order valence-electron chi connectivity index (χ0n) is 8.44. The second kappa shape index (κ2) is 5.32. The lowest BCUT2D eigenvalue weighted by atomic mass is 10.2. The number of allylic oxidation sites excluding steroid dienone is 1. The van der Waals surface area contributed by atoms with E-state index in [-0.39, 0.29) is 6.29 Å². The van der Waals surface area contributed by atoms with Gasteiger partial charge in [-0.3, -0.25) is 4.79 Å². The van der Waals surface area contributed by atoms with Gasteiger partial charge in [0, 0.05) is 0 Å². The maximum Gasteiger partial charge on any atom is 0.373 e. The third-order valence-electron chi connectivity index (χ3n) is 1.82. The Labute approximate surface area is 97.1 Å². The van der Waals surface area contributed by atoms with Gasteiger partial charge in [-0.15, -0.1) is 0 Å². The molecule has 0 aliphatic rings. The van der Waals surface area contributed by atoms with Gasteiger partial charge in [-0.2, -0.15) is 0 Å². The Morgan fingerprint density at radius 3 is 2.56 bits per heavy atom. The molecule has 0 aromatic heterocycles. The van der Waals surface area contributed by atoms with E-state index >= 15 is 0 Å². The average Bonchev–Trinajstić information content (AvgIpc) is 2.26. The molecule has 1 N–H and O–H groups in total. The summed E-state index contributed by atoms with van der Waals surface area (Å²) < 4.78 is 5.08. The summed E-state index contributed by atoms with van der Waals surface area (Å²) in [5.41, 5.74) is 0.747. The smallest absolute Gasteiger partial charge is 0.373 e. The maximum absolute atomic E-state index is 10.8. The Morgan fingerprint density at radius 2 is 2.06 bits per heavy atom. The van der Waals surface area contributed by atoms with Gasteiger partial charge in [0.15, 0.2) is 6.29 Å². The minimum absolute atomic E-state index is 0.225. The van der Waals surface area contributed by atoms with Crippen LogP contribution in [0.25, 0.3) is 0 Å². The van der Waals surface area contributed by atoms with Gasteiger partial charge in [0.1, 0.15) is 10.8 Å². The van der Waals surface area contributed by atoms with Crippen LogP contribution in [0.5, 0.6) is 5.75 Å². The van der Waals surface area contributed by atoms with Crippen LogP contribution in [0.15, 0.2) is 35.1 Å². The van der Waals surface area contributed by atoms with Crippen molar-refractivity contribution in [2.45, 2.75) is 6.92 Å². The molecule has 1 rings (SSSR count). The van der Waals surface area contributed by atoms with Crippen LogP contribution >= 0.6 is 11.6 Å². The SMILES string of the molecule is Cc1ccccc1O/C(C(=O)O)=C(\Cl)C=O. The van der Waals surface area contributed by atoms with Crippen molar-refractivity contribution in [1.29, 1.82) is 0 Å². The van der Waals surface area contributed by atoms with Gasteiger partial charge in [-0.25, -0.2) is 4.79 Å². The number of ether oxygens (including phenoxy) is 1. The van der Waals surface area contributed by atoms with Crippen LogP contribution < -0.4 is 4.74 Å². The lowest BCUT2D eigenvalue weighted by Crippen LogP contribution is -2.10. The highest BCUT2D eigenvalue weighted by Gasteiger charge is 2.16. The first-order chi connectivity index (χ1) is 7.56. The van der Waals surface area contributed by atoms with E-state index in [0.29, 0.717) is 5.75 Å². The highest BCUT2D eigenvalue weighted by molar-refractivity contribution is 6.40. The highest BCUT2D eigenvalue weighted by Crippen LogP contribution is 2.21. The topological polar surface area (TPSA) is 63.6 Å². The van der Waals surface area contributed by atoms with Crippen LogP contribution in [0.3, 0.4) is 0 Å². The summed E-state index contributed by atoms with van der Waals surface area (Å²) in [6, 6.07) is 6.82. The lowest BCUT2D eigenvalue weighted by Gasteiger charge is -2.08. The fourth-order valence-electron chi connectivity index (χ4n) is 1.03. The summed E-state index contributed by atoms with van der Waals surface area (Å²) in [7, 11) is 0. The number of carbonyl (C=O) groups is 2. The van der Waals surface area contributed by atoms with Gasteiger partial charge >= 0.3 is 5.97 Å². The minimum atomic E-state index is -1.39. The van der Waals surface area contributed by atoms with Crippen LogP contribution in [0.1, 0.15) is 5.56 Å². The molecule has 0 bridgehead atoms. The van der Waals surface area contributed by atoms with Gasteiger partial charge in [0.2, 0.25) is 5.76 Å². The number of carbonyl (C=O) groups excluding carboxylic acids is 1. The number of aliphatic carboxylic acids is 1. The molecule has 0 spiro atoms. The van der Waals surface area contributed by atoms with Crippen LogP contribution in [0.2, 0.25) is 0 Å². The van der Waals surface area contributed by atoms with Gasteiger partial charge in [0.25, 0.3) is 0 Å². The number of aldehydes is 1. The fraction of sp³-hybridized carbons (Fsp3) is 0.0909. The molecule has 1 aromatic rings. The predicted molar refractivity (Wildman–Crippen MR) is 58.4 cm³/mol. The van der Waals surface area contributed by atoms with Gasteiger partial charge < -0.3 is 9.84 Å². The third kappa shape index (κ3) is 2.84. The molecule has 1 aromatic carbocycles. The van der Waals surface area contributed by atoms with E-state index in [2.05, 4.69) is 0 Å². The Balaban J connectivity index is 3.07. The number of carboxylic acids is 1. The summed E-state index contributed by atoms with van der Waals surface area (Å²) in [5.74, 6) is -1.62. The van der Waals surface area contributed by atoms with Crippen LogP contribution in [-0.2, 0) is 9.59 Å². The molecule has 0 saturated heterocycles. The molecule has 0 unspecified atom stereocenters. The minimum Gasteiger partial charge on any atom is -0.475 e. The van der Waals surface area contributed by atoms with Crippen LogP contribution in [0.4, 0.5) is 0 Å². The molecule has 0 atom stereocenters. The molecule has 0 radical (unpaired) electrons. The quantitative estimate of drug-likeness (QED) is 0.497. The van der Waals surface area contributed by atoms with Crippen molar-refractivity contribution >= 4 is 23.9 Å². The third-order valence-corrected chi connectivity index (χ3v) is 2.08. The molecule has 0 aliphatic heterocycles. The highest BCUT2D eigenvalue weighted by atomic mass is 35.5. The number of carboxylic acid groups (broad SMARTS) is 1. The number of para-hydroxylation sites is 1. The summed E-state index contributed by atoms with van der Waals surface area (Å²) in [6.07, 6.45) is 0.225. The maximum atomic E-state index is 10.8. The van der Waals surface area contributed by atoms with Crippen LogP contribution in [-0.4, -0.2) is 17.4 Å². The van der Waals surface area contributed by atoms with Gasteiger partial charge in [0.05, 0.1) is 0 Å². The summed E-state index contributed by atoms with van der Waals surface area (Å²) in [6.45, 7) is 1.75. The number of hydrogen-bond donors (Lipinski definition) is 1. The summed E-state index contributed by atoms with van der Waals surface area (Å²) in [4.78, 5) is 21.2. The van der Waals surface area contributed by atoms with E-state index in [4.69, 9.17) is 21.4 Å². The molecule has 0 heterocycles. The van der Waals surface area contributed by atoms with Crippen molar-refractivity contribution in [3.8, 4) is 5.75 Å². The van der Waals surface area contributed by atoms with E-state index in [0.717, 1.165) is 5.56 Å². The number of hydrogen-bond acceptors (Lipinski definition) is 3. The molecule has 84 valence electrons. The molecule has 5 heteroatoms. The van der Waals surface area contributed by atoms with Crippen molar-refractivity contribution in [1.82, 2.24) is 0 Å². The molecule has 0 saturated carbocycles. The Hall–Kier alpha value is -1.81. The molecular weight excluding hydrogens is 232 g/mol. The fourth-order valence-corrected chi connectivity index (χ4v) is 1.15. The second-order valence-electron chi connectivity index (χ2n) is 2.97. The standard InChI is InChI=1S/C11H9ClO4/c1-7-4-2-3-5-9(7)16-10(11(14)15)8(12)6-13/h2-6H,1H3,(H,14,15)/b10-8-. The summed E-state index contributed by atoms with van der Waals surface area (Å²) in [5, 5.41) is 8.32. The number of halogens is 1. The zero-order valence-corrected chi connectivity index (χ0v) is 9.19. The van der Waals surface area contributed by atoms with Crippen molar-refractivity contribution in [3.05, 3.63) is 40.6 Å². The molecule has 0 fully saturated rings. The second-order valence-corrected chi connectivity index (χ2v) is 3.37. The van der Waals surface area contributed by atoms with Crippen LogP contribution in [0, 0.1) is 6.92 Å². The van der Waals surface area contributed by atoms with Crippen molar-refractivity contribution < 1.29 is 19.4 Å². The normalized spacial score (nSPS) is 11.6. The van der Waals surface area contributed by atoms with Crippen molar-refractivity contribution in [3.63, 3.8) is 0 Å². The first-order valence-corrected chi connectivity index (χ1v) is 4.75. The Bertz CT molecular complexity index is 451. The van der Waals surface area contributed by atoms with E-state index in [1.54, 1.807) is 31.2 Å². The molecule has 4 nitrogen and oxygen atoms in total. The molecular formula is C11H9ClO4. The largest absolute Gasteiger partial charge is 0.475 e. The Morgan fingerprint density at radius 1 is 1.44 bits per heavy atom. The molecule has 16 heavy (non-hydrogen) atoms. The number of benzene rings is 1. The zero-order chi connectivity index (χ0) is 12.1. The average molecular weight is 241 g/mol. The van der Waals surface area contributed by atoms with E-state index in [1.807, 2.05) is 0 Å². The predicted octanol–water partition coefficient (Wildman–Crippen LogP) is 2.11. The lowest BCUT2D eigenvalue weighted by molar-refractivity contribution is -0.135. The van der Waals surface area contributed by atoms with Crippen molar-refractivity contribution in [2.24, 2.45) is 0 Å². The summed E-state index contributed by atoms with van der Waals surface area (Å²) >= 11 is 5.43. The van der Waals surface area contributed by atoms with E-state index < -0.39 is 16.8 Å². The van der Waals surface area contributed by atoms with E-state index in [1.165, 1.54) is 0 Å². The molecule has 0 aliphatic carbocycles. The first-order valence-electron chi connectivity index (χ1n) is 4.38.